The Labute approximate surface area is 149 Å². The minimum atomic E-state index is -0.906. The largest absolute Gasteiger partial charge is 0.874 e. The van der Waals surface area contributed by atoms with Crippen LogP contribution in [-0.4, -0.2) is 54.6 Å². The van der Waals surface area contributed by atoms with E-state index in [1.807, 2.05) is 55.9 Å². The first-order chi connectivity index (χ1) is 11.3. The summed E-state index contributed by atoms with van der Waals surface area (Å²) in [6.07, 6.45) is 3.74. The molecule has 2 atom stereocenters. The molecule has 3 rings (SSSR count). The van der Waals surface area contributed by atoms with Crippen molar-refractivity contribution in [1.82, 2.24) is 0 Å². The van der Waals surface area contributed by atoms with Gasteiger partial charge in [-0.25, -0.2) is 4.58 Å². The molecule has 1 aromatic rings. The van der Waals surface area contributed by atoms with E-state index in [1.54, 1.807) is 6.07 Å². The molecule has 2 unspecified atom stereocenters. The van der Waals surface area contributed by atoms with Gasteiger partial charge in [-0.05, 0) is 23.9 Å². The number of allylic oxidation sites excluding steroid dienone is 2. The minimum Gasteiger partial charge on any atom is -0.874 e. The van der Waals surface area contributed by atoms with Crippen LogP contribution in [0.15, 0.2) is 30.0 Å². The standard InChI is InChI=1S/C17H18N2O3S2/c1-18(2)11-7-5-9(23-11)13-15(20)14(17(22)16(13)21)10-6-8-12(24-10)19(3)4/h5-9,13H,1-4H3. The van der Waals surface area contributed by atoms with Crippen molar-refractivity contribution in [3.8, 4) is 0 Å². The molecule has 0 bridgehead atoms. The summed E-state index contributed by atoms with van der Waals surface area (Å²) >= 11 is 2.81. The molecule has 0 amide bonds. The van der Waals surface area contributed by atoms with E-state index in [0.717, 1.165) is 10.0 Å². The van der Waals surface area contributed by atoms with Crippen molar-refractivity contribution in [2.24, 2.45) is 5.92 Å². The zero-order chi connectivity index (χ0) is 17.6. The molecule has 0 radical (unpaired) electrons. The molecule has 0 aromatic carbocycles. The molecule has 0 spiro atoms. The number of thiophene rings is 1. The Hall–Kier alpha value is -1.86. The Morgan fingerprint density at radius 3 is 2.46 bits per heavy atom. The molecule has 7 heteroatoms. The molecule has 0 saturated carbocycles. The van der Waals surface area contributed by atoms with Crippen molar-refractivity contribution in [2.75, 3.05) is 33.1 Å². The zero-order valence-corrected chi connectivity index (χ0v) is 15.5. The molecule has 0 saturated heterocycles. The van der Waals surface area contributed by atoms with Crippen molar-refractivity contribution >= 4 is 50.3 Å². The van der Waals surface area contributed by atoms with Gasteiger partial charge in [0.25, 0.3) is 0 Å². The Morgan fingerprint density at radius 2 is 1.92 bits per heavy atom. The molecular weight excluding hydrogens is 344 g/mol. The van der Waals surface area contributed by atoms with Gasteiger partial charge in [0.15, 0.2) is 0 Å². The Morgan fingerprint density at radius 1 is 1.21 bits per heavy atom. The lowest BCUT2D eigenvalue weighted by Gasteiger charge is -2.21. The Kier molecular flexibility index (Phi) is 4.40. The molecule has 126 valence electrons. The molecule has 24 heavy (non-hydrogen) atoms. The molecule has 1 aliphatic carbocycles. The average Bonchev–Trinajstić information content (AvgIpc) is 3.20. The lowest BCUT2D eigenvalue weighted by atomic mass is 10.0. The zero-order valence-electron chi connectivity index (χ0n) is 13.9. The molecule has 2 aliphatic rings. The quantitative estimate of drug-likeness (QED) is 0.593. The number of thioether (sulfide) groups is 1. The van der Waals surface area contributed by atoms with Crippen LogP contribution >= 0.6 is 23.1 Å². The van der Waals surface area contributed by atoms with E-state index in [0.29, 0.717) is 4.88 Å². The van der Waals surface area contributed by atoms with Crippen LogP contribution in [0, 0.1) is 5.92 Å². The summed E-state index contributed by atoms with van der Waals surface area (Å²) in [4.78, 5) is 27.3. The first kappa shape index (κ1) is 17.0. The molecule has 0 fully saturated rings. The number of ketones is 2. The molecular formula is C17H18N2O3S2. The highest BCUT2D eigenvalue weighted by Gasteiger charge is 2.43. The fourth-order valence-electron chi connectivity index (χ4n) is 2.71. The monoisotopic (exact) mass is 362 g/mol. The van der Waals surface area contributed by atoms with E-state index in [1.165, 1.54) is 23.1 Å². The van der Waals surface area contributed by atoms with Crippen LogP contribution < -0.4 is 10.0 Å². The van der Waals surface area contributed by atoms with Crippen molar-refractivity contribution in [3.05, 3.63) is 34.9 Å². The number of nitrogens with zero attached hydrogens (tertiary/aromatic N) is 2. The molecule has 1 aromatic heterocycles. The maximum Gasteiger partial charge on any atom is 0.234 e. The number of anilines is 1. The van der Waals surface area contributed by atoms with Crippen LogP contribution in [-0.2, 0) is 9.59 Å². The molecule has 2 heterocycles. The summed E-state index contributed by atoms with van der Waals surface area (Å²) in [5.41, 5.74) is 0.0513. The van der Waals surface area contributed by atoms with Crippen molar-refractivity contribution in [3.63, 3.8) is 0 Å². The van der Waals surface area contributed by atoms with Crippen LogP contribution in [0.3, 0.4) is 0 Å². The van der Waals surface area contributed by atoms with Gasteiger partial charge >= 0.3 is 0 Å². The maximum atomic E-state index is 12.8. The predicted octanol–water partition coefficient (Wildman–Crippen LogP) is 0.996. The van der Waals surface area contributed by atoms with E-state index in [4.69, 9.17) is 0 Å². The van der Waals surface area contributed by atoms with E-state index in [-0.39, 0.29) is 16.6 Å². The van der Waals surface area contributed by atoms with Crippen LogP contribution in [0.25, 0.3) is 5.57 Å². The predicted molar refractivity (Wildman–Crippen MR) is 96.7 cm³/mol. The van der Waals surface area contributed by atoms with Crippen molar-refractivity contribution < 1.29 is 19.3 Å². The highest BCUT2D eigenvalue weighted by molar-refractivity contribution is 8.15. The number of hydrogen-bond acceptors (Lipinski definition) is 6. The van der Waals surface area contributed by atoms with Gasteiger partial charge in [-0.3, -0.25) is 9.59 Å². The lowest BCUT2D eigenvalue weighted by molar-refractivity contribution is -0.460. The van der Waals surface area contributed by atoms with Gasteiger partial charge in [0.1, 0.15) is 14.1 Å². The van der Waals surface area contributed by atoms with Gasteiger partial charge in [0.05, 0.1) is 10.9 Å². The molecule has 1 aliphatic heterocycles. The topological polar surface area (TPSA) is 63.4 Å². The fraction of sp³-hybridized carbons (Fsp3) is 0.353. The lowest BCUT2D eigenvalue weighted by Crippen LogP contribution is -2.29. The van der Waals surface area contributed by atoms with Gasteiger partial charge in [0, 0.05) is 35.9 Å². The first-order valence-electron chi connectivity index (χ1n) is 7.47. The normalized spacial score (nSPS) is 23.6. The summed E-state index contributed by atoms with van der Waals surface area (Å²) in [6, 6.07) is 3.60. The maximum absolute atomic E-state index is 12.8. The fourth-order valence-corrected chi connectivity index (χ4v) is 4.88. The number of carbonyl (C=O) groups is 2. The molecule has 5 nitrogen and oxygen atoms in total. The van der Waals surface area contributed by atoms with Crippen LogP contribution in [0.2, 0.25) is 0 Å². The third-order valence-corrected chi connectivity index (χ3v) is 6.71. The van der Waals surface area contributed by atoms with Crippen molar-refractivity contribution in [1.29, 1.82) is 0 Å². The smallest absolute Gasteiger partial charge is 0.234 e. The highest BCUT2D eigenvalue weighted by Crippen LogP contribution is 2.41. The summed E-state index contributed by atoms with van der Waals surface area (Å²) in [5, 5.41) is 14.4. The van der Waals surface area contributed by atoms with Crippen LogP contribution in [0.1, 0.15) is 4.88 Å². The summed E-state index contributed by atoms with van der Waals surface area (Å²) in [6.45, 7) is 0. The first-order valence-corrected chi connectivity index (χ1v) is 9.17. The minimum absolute atomic E-state index is 0.0513. The van der Waals surface area contributed by atoms with Gasteiger partial charge in [0.2, 0.25) is 16.6 Å². The van der Waals surface area contributed by atoms with Crippen molar-refractivity contribution in [2.45, 2.75) is 5.25 Å². The highest BCUT2D eigenvalue weighted by atomic mass is 32.2. The second-order valence-electron chi connectivity index (χ2n) is 6.12. The third-order valence-electron chi connectivity index (χ3n) is 4.00. The number of carbonyl (C=O) groups excluding carboxylic acids is 2. The Bertz CT molecular complexity index is 814. The Balaban J connectivity index is 1.97. The number of hydrogen-bond donors (Lipinski definition) is 0. The number of rotatable bonds is 3. The van der Waals surface area contributed by atoms with Crippen LogP contribution in [0.5, 0.6) is 0 Å². The van der Waals surface area contributed by atoms with Crippen LogP contribution in [0.4, 0.5) is 5.00 Å². The van der Waals surface area contributed by atoms with E-state index >= 15 is 0 Å². The van der Waals surface area contributed by atoms with E-state index < -0.39 is 17.5 Å². The van der Waals surface area contributed by atoms with Gasteiger partial charge in [-0.2, -0.15) is 0 Å². The SMILES string of the molecule is CN(C)c1ccc(C2=C([O-])C(C3C=CC(=[N+](C)C)S3)C(=O)C2=O)s1. The summed E-state index contributed by atoms with van der Waals surface area (Å²) in [5.74, 6) is -2.49. The third kappa shape index (κ3) is 2.71. The second kappa shape index (κ2) is 6.22. The summed E-state index contributed by atoms with van der Waals surface area (Å²) < 4.78 is 1.93. The van der Waals surface area contributed by atoms with Gasteiger partial charge in [-0.1, -0.05) is 6.08 Å². The van der Waals surface area contributed by atoms with Gasteiger partial charge in [-0.15, -0.1) is 17.1 Å². The average molecular weight is 362 g/mol. The van der Waals surface area contributed by atoms with Gasteiger partial charge < -0.3 is 10.0 Å². The van der Waals surface area contributed by atoms with E-state index in [9.17, 15) is 14.7 Å². The number of Topliss-reactive ketones (excluding diaryl/α,β-unsaturated/α-hetero) is 2. The second-order valence-corrected chi connectivity index (χ2v) is 8.38. The molecule has 0 N–H and O–H groups in total. The van der Waals surface area contributed by atoms with E-state index in [2.05, 4.69) is 0 Å². The summed E-state index contributed by atoms with van der Waals surface area (Å²) in [7, 11) is 7.60.